The average Bonchev–Trinajstić information content (AvgIpc) is 3.40. The van der Waals surface area contributed by atoms with Crippen LogP contribution in [0.1, 0.15) is 57.7 Å². The second-order valence-electron chi connectivity index (χ2n) is 8.65. The number of nitrogens with one attached hydrogen (secondary N) is 2. The molecule has 0 aromatic carbocycles. The number of hydrazine groups is 1. The van der Waals surface area contributed by atoms with Gasteiger partial charge in [-0.25, -0.2) is 9.97 Å². The number of fused-ring (bicyclic) bond motifs is 1. The van der Waals surface area contributed by atoms with Crippen molar-refractivity contribution in [3.63, 3.8) is 0 Å². The second kappa shape index (κ2) is 8.02. The quantitative estimate of drug-likeness (QED) is 0.631. The van der Waals surface area contributed by atoms with E-state index in [9.17, 15) is 9.59 Å². The number of hydrogen-bond acceptors (Lipinski definition) is 5. The number of imidazole rings is 1. The highest BCUT2D eigenvalue weighted by molar-refractivity contribution is 7.14. The SMILES string of the molecule is CC(C)(C)C1CCc2sc(C(=O)NNC(=O)c3ccc(-n4ccnc4)nc3)cc2C1. The van der Waals surface area contributed by atoms with Crippen LogP contribution in [0.2, 0.25) is 0 Å². The van der Waals surface area contributed by atoms with E-state index in [0.29, 0.717) is 22.2 Å². The molecule has 7 nitrogen and oxygen atoms in total. The minimum atomic E-state index is -0.415. The molecule has 3 heterocycles. The number of aryl methyl sites for hydroxylation is 1. The first-order valence-corrected chi connectivity index (χ1v) is 10.8. The van der Waals surface area contributed by atoms with Crippen LogP contribution in [0.25, 0.3) is 5.82 Å². The zero-order valence-corrected chi connectivity index (χ0v) is 18.1. The van der Waals surface area contributed by atoms with E-state index in [2.05, 4.69) is 41.6 Å². The fraction of sp³-hybridized carbons (Fsp3) is 0.364. The van der Waals surface area contributed by atoms with Crippen LogP contribution in [0.3, 0.4) is 0 Å². The van der Waals surface area contributed by atoms with Gasteiger partial charge in [-0.05, 0) is 54.4 Å². The van der Waals surface area contributed by atoms with Gasteiger partial charge in [0, 0.05) is 23.5 Å². The molecule has 0 aliphatic heterocycles. The van der Waals surface area contributed by atoms with Gasteiger partial charge in [0.05, 0.1) is 10.4 Å². The van der Waals surface area contributed by atoms with Gasteiger partial charge in [-0.15, -0.1) is 11.3 Å². The van der Waals surface area contributed by atoms with E-state index in [4.69, 9.17) is 0 Å². The Morgan fingerprint density at radius 3 is 2.67 bits per heavy atom. The molecule has 1 aliphatic carbocycles. The maximum Gasteiger partial charge on any atom is 0.279 e. The van der Waals surface area contributed by atoms with Gasteiger partial charge in [0.25, 0.3) is 11.8 Å². The highest BCUT2D eigenvalue weighted by Crippen LogP contribution is 2.40. The third-order valence-electron chi connectivity index (χ3n) is 5.60. The summed E-state index contributed by atoms with van der Waals surface area (Å²) in [5.74, 6) is 0.569. The van der Waals surface area contributed by atoms with E-state index in [-0.39, 0.29) is 11.3 Å². The van der Waals surface area contributed by atoms with Crippen LogP contribution in [0.5, 0.6) is 0 Å². The van der Waals surface area contributed by atoms with E-state index in [0.717, 1.165) is 19.3 Å². The number of thiophene rings is 1. The third kappa shape index (κ3) is 4.28. The summed E-state index contributed by atoms with van der Waals surface area (Å²) in [5.41, 5.74) is 6.88. The Hall–Kier alpha value is -3.00. The fourth-order valence-corrected chi connectivity index (χ4v) is 4.79. The Bertz CT molecular complexity index is 1050. The lowest BCUT2D eigenvalue weighted by molar-refractivity contribution is 0.0848. The van der Waals surface area contributed by atoms with Gasteiger partial charge in [0.1, 0.15) is 12.1 Å². The van der Waals surface area contributed by atoms with E-state index >= 15 is 0 Å². The van der Waals surface area contributed by atoms with E-state index in [1.54, 1.807) is 35.4 Å². The van der Waals surface area contributed by atoms with Crippen molar-refractivity contribution in [2.45, 2.75) is 40.0 Å². The van der Waals surface area contributed by atoms with Crippen LogP contribution in [0, 0.1) is 11.3 Å². The van der Waals surface area contributed by atoms with Crippen LogP contribution in [-0.4, -0.2) is 26.3 Å². The lowest BCUT2D eigenvalue weighted by atomic mass is 9.72. The predicted molar refractivity (Wildman–Crippen MR) is 116 cm³/mol. The Morgan fingerprint density at radius 2 is 2.00 bits per heavy atom. The summed E-state index contributed by atoms with van der Waals surface area (Å²) in [7, 11) is 0. The lowest BCUT2D eigenvalue weighted by Crippen LogP contribution is -2.41. The molecule has 4 rings (SSSR count). The number of nitrogens with zero attached hydrogens (tertiary/aromatic N) is 3. The molecular formula is C22H25N5O2S. The molecule has 30 heavy (non-hydrogen) atoms. The summed E-state index contributed by atoms with van der Waals surface area (Å²) >= 11 is 1.52. The molecule has 156 valence electrons. The summed E-state index contributed by atoms with van der Waals surface area (Å²) in [6.45, 7) is 6.82. The molecule has 8 heteroatoms. The minimum Gasteiger partial charge on any atom is -0.291 e. The Labute approximate surface area is 179 Å². The number of pyridine rings is 1. The zero-order valence-electron chi connectivity index (χ0n) is 17.3. The van der Waals surface area contributed by atoms with Gasteiger partial charge < -0.3 is 0 Å². The molecule has 2 amide bonds. The van der Waals surface area contributed by atoms with Crippen molar-refractivity contribution in [1.82, 2.24) is 25.4 Å². The Balaban J connectivity index is 1.36. The molecule has 0 saturated carbocycles. The van der Waals surface area contributed by atoms with Gasteiger partial charge in [-0.1, -0.05) is 20.8 Å². The minimum absolute atomic E-state index is 0.261. The molecule has 0 bridgehead atoms. The van der Waals surface area contributed by atoms with Gasteiger partial charge in [-0.3, -0.25) is 25.0 Å². The summed E-state index contributed by atoms with van der Waals surface area (Å²) in [6.07, 6.45) is 9.69. The normalized spacial score (nSPS) is 16.0. The molecule has 3 aromatic rings. The molecule has 1 atom stereocenters. The molecule has 1 unspecified atom stereocenters. The molecule has 0 radical (unpaired) electrons. The molecule has 2 N–H and O–H groups in total. The second-order valence-corrected chi connectivity index (χ2v) is 9.78. The predicted octanol–water partition coefficient (Wildman–Crippen LogP) is 3.55. The highest BCUT2D eigenvalue weighted by atomic mass is 32.1. The standard InChI is InChI=1S/C22H25N5O2S/c1-22(2,3)16-5-6-17-15(10-16)11-18(30-17)21(29)26-25-20(28)14-4-7-19(24-12-14)27-9-8-23-13-27/h4,7-9,11-13,16H,5-6,10H2,1-3H3,(H,25,28)(H,26,29). The summed E-state index contributed by atoms with van der Waals surface area (Å²) in [4.78, 5) is 35.0. The summed E-state index contributed by atoms with van der Waals surface area (Å²) < 4.78 is 1.74. The van der Waals surface area contributed by atoms with Gasteiger partial charge in [0.15, 0.2) is 0 Å². The number of carbonyl (C=O) groups is 2. The topological polar surface area (TPSA) is 88.9 Å². The zero-order chi connectivity index (χ0) is 21.3. The summed E-state index contributed by atoms with van der Waals surface area (Å²) in [6, 6.07) is 5.35. The molecular weight excluding hydrogens is 398 g/mol. The van der Waals surface area contributed by atoms with Gasteiger partial charge in [-0.2, -0.15) is 0 Å². The first kappa shape index (κ1) is 20.3. The maximum atomic E-state index is 12.5. The van der Waals surface area contributed by atoms with Crippen molar-refractivity contribution < 1.29 is 9.59 Å². The van der Waals surface area contributed by atoms with Crippen LogP contribution in [-0.2, 0) is 12.8 Å². The Kier molecular flexibility index (Phi) is 5.42. The Morgan fingerprint density at radius 1 is 1.20 bits per heavy atom. The monoisotopic (exact) mass is 423 g/mol. The van der Waals surface area contributed by atoms with Crippen molar-refractivity contribution >= 4 is 23.2 Å². The van der Waals surface area contributed by atoms with Crippen molar-refractivity contribution in [2.24, 2.45) is 11.3 Å². The first-order valence-electron chi connectivity index (χ1n) is 9.98. The number of amides is 2. The smallest absolute Gasteiger partial charge is 0.279 e. The number of carbonyl (C=O) groups excluding carboxylic acids is 2. The van der Waals surface area contributed by atoms with E-state index < -0.39 is 5.91 Å². The maximum absolute atomic E-state index is 12.5. The van der Waals surface area contributed by atoms with E-state index in [1.165, 1.54) is 28.0 Å². The molecule has 0 saturated heterocycles. The van der Waals surface area contributed by atoms with Gasteiger partial charge in [0.2, 0.25) is 0 Å². The molecule has 3 aromatic heterocycles. The van der Waals surface area contributed by atoms with Crippen LogP contribution < -0.4 is 10.9 Å². The molecule has 0 spiro atoms. The highest BCUT2D eigenvalue weighted by Gasteiger charge is 2.30. The van der Waals surface area contributed by atoms with Crippen LogP contribution in [0.15, 0.2) is 43.1 Å². The lowest BCUT2D eigenvalue weighted by Gasteiger charge is -2.33. The molecule has 0 fully saturated rings. The first-order chi connectivity index (χ1) is 14.3. The number of aromatic nitrogens is 3. The van der Waals surface area contributed by atoms with Crippen molar-refractivity contribution in [2.75, 3.05) is 0 Å². The van der Waals surface area contributed by atoms with Crippen molar-refractivity contribution in [3.05, 3.63) is 64.0 Å². The summed E-state index contributed by atoms with van der Waals surface area (Å²) in [5, 5.41) is 0. The van der Waals surface area contributed by atoms with Gasteiger partial charge >= 0.3 is 0 Å². The third-order valence-corrected chi connectivity index (χ3v) is 6.84. The number of hydrogen-bond donors (Lipinski definition) is 2. The van der Waals surface area contributed by atoms with Crippen molar-refractivity contribution in [3.8, 4) is 5.82 Å². The van der Waals surface area contributed by atoms with E-state index in [1.807, 2.05) is 6.07 Å². The van der Waals surface area contributed by atoms with Crippen LogP contribution in [0.4, 0.5) is 0 Å². The van der Waals surface area contributed by atoms with Crippen LogP contribution >= 0.6 is 11.3 Å². The fourth-order valence-electron chi connectivity index (χ4n) is 3.69. The largest absolute Gasteiger partial charge is 0.291 e. The van der Waals surface area contributed by atoms with Crippen molar-refractivity contribution in [1.29, 1.82) is 0 Å². The number of rotatable bonds is 3. The molecule has 1 aliphatic rings. The average molecular weight is 424 g/mol.